The molecule has 0 saturated carbocycles. The molecule has 2 fully saturated rings. The molecule has 2 N–H and O–H groups in total. The summed E-state index contributed by atoms with van der Waals surface area (Å²) in [7, 11) is 0. The van der Waals surface area contributed by atoms with Crippen molar-refractivity contribution >= 4 is 5.69 Å². The number of phenols is 1. The fourth-order valence-corrected chi connectivity index (χ4v) is 3.24. The second-order valence-electron chi connectivity index (χ2n) is 6.26. The van der Waals surface area contributed by atoms with Crippen LogP contribution in [-0.2, 0) is 4.74 Å². The lowest BCUT2D eigenvalue weighted by Gasteiger charge is -2.35. The lowest BCUT2D eigenvalue weighted by molar-refractivity contribution is 0.0322. The van der Waals surface area contributed by atoms with E-state index in [9.17, 15) is 5.11 Å². The topological polar surface area (TPSA) is 48.0 Å². The summed E-state index contributed by atoms with van der Waals surface area (Å²) < 4.78 is 5.39. The summed E-state index contributed by atoms with van der Waals surface area (Å²) in [6.45, 7) is 8.56. The molecule has 5 nitrogen and oxygen atoms in total. The molecule has 2 saturated heterocycles. The van der Waals surface area contributed by atoms with Gasteiger partial charge in [0.25, 0.3) is 0 Å². The summed E-state index contributed by atoms with van der Waals surface area (Å²) in [6.07, 6.45) is 2.33. The Labute approximate surface area is 132 Å². The van der Waals surface area contributed by atoms with Crippen molar-refractivity contribution in [1.82, 2.24) is 9.80 Å². The maximum atomic E-state index is 9.52. The van der Waals surface area contributed by atoms with Gasteiger partial charge in [0.2, 0.25) is 0 Å². The van der Waals surface area contributed by atoms with E-state index in [0.717, 1.165) is 51.6 Å². The van der Waals surface area contributed by atoms with E-state index in [1.54, 1.807) is 12.1 Å². The van der Waals surface area contributed by atoms with E-state index in [1.807, 2.05) is 12.1 Å². The van der Waals surface area contributed by atoms with Gasteiger partial charge in [-0.2, -0.15) is 0 Å². The van der Waals surface area contributed by atoms with Crippen LogP contribution in [-0.4, -0.2) is 73.4 Å². The standard InChI is InChI=1S/C17H27N3O2/c21-17-3-1-2-16(14-17)18-15-4-6-19(7-5-15)8-9-20-10-12-22-13-11-20/h1-3,14-15,18,21H,4-13H2. The van der Waals surface area contributed by atoms with Crippen LogP contribution in [0.5, 0.6) is 5.75 Å². The number of rotatable bonds is 5. The maximum Gasteiger partial charge on any atom is 0.117 e. The quantitative estimate of drug-likeness (QED) is 0.865. The number of morpholine rings is 1. The van der Waals surface area contributed by atoms with Crippen LogP contribution in [0, 0.1) is 0 Å². The molecule has 1 aromatic carbocycles. The Hall–Kier alpha value is -1.30. The molecule has 0 radical (unpaired) electrons. The van der Waals surface area contributed by atoms with E-state index in [4.69, 9.17) is 4.74 Å². The van der Waals surface area contributed by atoms with E-state index in [0.29, 0.717) is 11.8 Å². The first-order valence-electron chi connectivity index (χ1n) is 8.37. The van der Waals surface area contributed by atoms with Gasteiger partial charge >= 0.3 is 0 Å². The summed E-state index contributed by atoms with van der Waals surface area (Å²) in [5.41, 5.74) is 1.02. The summed E-state index contributed by atoms with van der Waals surface area (Å²) in [5.74, 6) is 0.327. The number of hydrogen-bond acceptors (Lipinski definition) is 5. The molecule has 2 heterocycles. The highest BCUT2D eigenvalue weighted by Gasteiger charge is 2.20. The zero-order valence-electron chi connectivity index (χ0n) is 13.2. The first-order valence-corrected chi connectivity index (χ1v) is 8.37. The highest BCUT2D eigenvalue weighted by molar-refractivity contribution is 5.48. The number of aromatic hydroxyl groups is 1. The predicted molar refractivity (Wildman–Crippen MR) is 88.5 cm³/mol. The zero-order valence-corrected chi connectivity index (χ0v) is 13.2. The molecule has 0 atom stereocenters. The van der Waals surface area contributed by atoms with Crippen LogP contribution in [0.2, 0.25) is 0 Å². The van der Waals surface area contributed by atoms with Gasteiger partial charge in [0.15, 0.2) is 0 Å². The Kier molecular flexibility index (Phi) is 5.53. The number of ether oxygens (including phenoxy) is 1. The van der Waals surface area contributed by atoms with Gasteiger partial charge in [-0.3, -0.25) is 4.90 Å². The monoisotopic (exact) mass is 305 g/mol. The third-order valence-corrected chi connectivity index (χ3v) is 4.64. The minimum Gasteiger partial charge on any atom is -0.508 e. The Morgan fingerprint density at radius 3 is 2.41 bits per heavy atom. The number of likely N-dealkylation sites (tertiary alicyclic amines) is 1. The Bertz CT molecular complexity index is 455. The van der Waals surface area contributed by atoms with Gasteiger partial charge in [0.1, 0.15) is 5.75 Å². The molecule has 0 unspecified atom stereocenters. The molecular formula is C17H27N3O2. The number of nitrogens with zero attached hydrogens (tertiary/aromatic N) is 2. The van der Waals surface area contributed by atoms with Crippen molar-refractivity contribution in [2.75, 3.05) is 57.8 Å². The van der Waals surface area contributed by atoms with Crippen molar-refractivity contribution in [3.63, 3.8) is 0 Å². The molecule has 0 amide bonds. The van der Waals surface area contributed by atoms with Crippen LogP contribution in [0.4, 0.5) is 5.69 Å². The molecule has 0 aromatic heterocycles. The molecule has 0 aliphatic carbocycles. The summed E-state index contributed by atoms with van der Waals surface area (Å²) in [4.78, 5) is 5.07. The van der Waals surface area contributed by atoms with E-state index in [2.05, 4.69) is 15.1 Å². The molecular weight excluding hydrogens is 278 g/mol. The average molecular weight is 305 g/mol. The Morgan fingerprint density at radius 1 is 1.05 bits per heavy atom. The Balaban J connectivity index is 1.37. The van der Waals surface area contributed by atoms with E-state index in [-0.39, 0.29) is 0 Å². The molecule has 2 aliphatic rings. The Morgan fingerprint density at radius 2 is 1.73 bits per heavy atom. The number of piperidine rings is 1. The largest absolute Gasteiger partial charge is 0.508 e. The minimum atomic E-state index is 0.327. The van der Waals surface area contributed by atoms with Crippen LogP contribution in [0.25, 0.3) is 0 Å². The van der Waals surface area contributed by atoms with Crippen molar-refractivity contribution in [3.8, 4) is 5.75 Å². The van der Waals surface area contributed by atoms with Crippen molar-refractivity contribution < 1.29 is 9.84 Å². The molecule has 122 valence electrons. The molecule has 3 rings (SSSR count). The van der Waals surface area contributed by atoms with Gasteiger partial charge in [0.05, 0.1) is 13.2 Å². The van der Waals surface area contributed by atoms with Gasteiger partial charge in [0, 0.05) is 57.1 Å². The normalized spacial score (nSPS) is 21.8. The second kappa shape index (κ2) is 7.81. The smallest absolute Gasteiger partial charge is 0.117 e. The zero-order chi connectivity index (χ0) is 15.2. The number of anilines is 1. The number of hydrogen-bond donors (Lipinski definition) is 2. The summed E-state index contributed by atoms with van der Waals surface area (Å²) >= 11 is 0. The highest BCUT2D eigenvalue weighted by Crippen LogP contribution is 2.20. The first-order chi connectivity index (χ1) is 10.8. The van der Waals surface area contributed by atoms with Crippen LogP contribution < -0.4 is 5.32 Å². The van der Waals surface area contributed by atoms with Crippen LogP contribution in [0.3, 0.4) is 0 Å². The third kappa shape index (κ3) is 4.60. The predicted octanol–water partition coefficient (Wildman–Crippen LogP) is 1.60. The number of nitrogens with one attached hydrogen (secondary N) is 1. The van der Waals surface area contributed by atoms with Crippen LogP contribution in [0.15, 0.2) is 24.3 Å². The van der Waals surface area contributed by atoms with Gasteiger partial charge < -0.3 is 20.1 Å². The minimum absolute atomic E-state index is 0.327. The average Bonchev–Trinajstić information content (AvgIpc) is 2.55. The molecule has 2 aliphatic heterocycles. The first kappa shape index (κ1) is 15.6. The van der Waals surface area contributed by atoms with Crippen molar-refractivity contribution in [3.05, 3.63) is 24.3 Å². The molecule has 0 spiro atoms. The van der Waals surface area contributed by atoms with Gasteiger partial charge in [-0.15, -0.1) is 0 Å². The molecule has 1 aromatic rings. The highest BCUT2D eigenvalue weighted by atomic mass is 16.5. The fourth-order valence-electron chi connectivity index (χ4n) is 3.24. The van der Waals surface area contributed by atoms with Crippen molar-refractivity contribution in [2.24, 2.45) is 0 Å². The van der Waals surface area contributed by atoms with Crippen molar-refractivity contribution in [2.45, 2.75) is 18.9 Å². The number of phenolic OH excluding ortho intramolecular Hbond substituents is 1. The van der Waals surface area contributed by atoms with Gasteiger partial charge in [-0.1, -0.05) is 6.07 Å². The third-order valence-electron chi connectivity index (χ3n) is 4.64. The van der Waals surface area contributed by atoms with Gasteiger partial charge in [-0.05, 0) is 25.0 Å². The van der Waals surface area contributed by atoms with E-state index < -0.39 is 0 Å². The van der Waals surface area contributed by atoms with E-state index >= 15 is 0 Å². The maximum absolute atomic E-state index is 9.52. The lowest BCUT2D eigenvalue weighted by Crippen LogP contribution is -2.45. The molecule has 22 heavy (non-hydrogen) atoms. The molecule has 0 bridgehead atoms. The number of benzene rings is 1. The van der Waals surface area contributed by atoms with Crippen molar-refractivity contribution in [1.29, 1.82) is 0 Å². The van der Waals surface area contributed by atoms with Crippen LogP contribution in [0.1, 0.15) is 12.8 Å². The van der Waals surface area contributed by atoms with Gasteiger partial charge in [-0.25, -0.2) is 0 Å². The van der Waals surface area contributed by atoms with E-state index in [1.165, 1.54) is 19.4 Å². The fraction of sp³-hybridized carbons (Fsp3) is 0.647. The second-order valence-corrected chi connectivity index (χ2v) is 6.26. The molecule has 5 heteroatoms. The lowest BCUT2D eigenvalue weighted by atomic mass is 10.0. The van der Waals surface area contributed by atoms with Crippen LogP contribution >= 0.6 is 0 Å². The summed E-state index contributed by atoms with van der Waals surface area (Å²) in [5, 5.41) is 13.1. The SMILES string of the molecule is Oc1cccc(NC2CCN(CCN3CCOCC3)CC2)c1. The summed E-state index contributed by atoms with van der Waals surface area (Å²) in [6, 6.07) is 7.92.